The number of nitrogens with zero attached hydrogens (tertiary/aromatic N) is 1. The molecular weight excluding hydrogens is 156 g/mol. The highest BCUT2D eigenvalue weighted by atomic mass is 16.5. The van der Waals surface area contributed by atoms with Gasteiger partial charge in [0.05, 0.1) is 18.5 Å². The number of rotatable bonds is 3. The summed E-state index contributed by atoms with van der Waals surface area (Å²) in [7, 11) is 0. The maximum Gasteiger partial charge on any atom is 0.213 e. The van der Waals surface area contributed by atoms with E-state index in [9.17, 15) is 0 Å². The maximum absolute atomic E-state index is 8.47. The molecule has 1 rings (SSSR count). The smallest absolute Gasteiger partial charge is 0.213 e. The highest BCUT2D eigenvalue weighted by Crippen LogP contribution is 2.14. The van der Waals surface area contributed by atoms with Gasteiger partial charge in [-0.25, -0.2) is 4.98 Å². The van der Waals surface area contributed by atoms with E-state index in [1.807, 2.05) is 6.92 Å². The number of nitrogens with two attached hydrogens (primary N) is 1. The molecule has 0 spiro atoms. The molecule has 0 unspecified atom stereocenters. The fourth-order valence-electron chi connectivity index (χ4n) is 0.770. The second kappa shape index (κ2) is 3.92. The Kier molecular flexibility index (Phi) is 2.88. The van der Waals surface area contributed by atoms with Crippen LogP contribution in [0.1, 0.15) is 5.56 Å². The third kappa shape index (κ3) is 2.10. The molecule has 3 N–H and O–H groups in total. The van der Waals surface area contributed by atoms with Crippen molar-refractivity contribution in [2.75, 3.05) is 18.9 Å². The van der Waals surface area contributed by atoms with Crippen LogP contribution in [0.4, 0.5) is 5.69 Å². The molecule has 0 saturated carbocycles. The minimum Gasteiger partial charge on any atom is -0.475 e. The van der Waals surface area contributed by atoms with Gasteiger partial charge in [0.2, 0.25) is 5.88 Å². The van der Waals surface area contributed by atoms with Gasteiger partial charge in [-0.1, -0.05) is 0 Å². The largest absolute Gasteiger partial charge is 0.475 e. The number of ether oxygens (including phenoxy) is 1. The average molecular weight is 168 g/mol. The van der Waals surface area contributed by atoms with Gasteiger partial charge in [0.15, 0.2) is 0 Å². The first-order chi connectivity index (χ1) is 5.74. The van der Waals surface area contributed by atoms with E-state index in [0.29, 0.717) is 11.6 Å². The van der Waals surface area contributed by atoms with Crippen LogP contribution < -0.4 is 10.5 Å². The molecule has 0 aliphatic heterocycles. The summed E-state index contributed by atoms with van der Waals surface area (Å²) in [4.78, 5) is 3.92. The Labute approximate surface area is 71.0 Å². The van der Waals surface area contributed by atoms with Crippen molar-refractivity contribution in [1.82, 2.24) is 4.98 Å². The number of aliphatic hydroxyl groups is 1. The zero-order chi connectivity index (χ0) is 8.97. The number of hydrogen-bond acceptors (Lipinski definition) is 4. The number of nitrogen functional groups attached to an aromatic ring is 1. The lowest BCUT2D eigenvalue weighted by Crippen LogP contribution is -2.03. The monoisotopic (exact) mass is 168 g/mol. The molecule has 4 nitrogen and oxygen atoms in total. The Morgan fingerprint density at radius 3 is 3.00 bits per heavy atom. The van der Waals surface area contributed by atoms with Crippen molar-refractivity contribution in [3.05, 3.63) is 17.8 Å². The van der Waals surface area contributed by atoms with Crippen LogP contribution in [0.25, 0.3) is 0 Å². The van der Waals surface area contributed by atoms with E-state index in [0.717, 1.165) is 5.56 Å². The molecule has 4 heteroatoms. The van der Waals surface area contributed by atoms with E-state index in [2.05, 4.69) is 4.98 Å². The van der Waals surface area contributed by atoms with Crippen LogP contribution >= 0.6 is 0 Å². The van der Waals surface area contributed by atoms with Crippen molar-refractivity contribution in [3.8, 4) is 5.88 Å². The van der Waals surface area contributed by atoms with E-state index in [4.69, 9.17) is 15.6 Å². The summed E-state index contributed by atoms with van der Waals surface area (Å²) >= 11 is 0. The number of hydrogen-bond donors (Lipinski definition) is 2. The van der Waals surface area contributed by atoms with E-state index < -0.39 is 0 Å². The van der Waals surface area contributed by atoms with Gasteiger partial charge < -0.3 is 15.6 Å². The van der Waals surface area contributed by atoms with Gasteiger partial charge in [0.25, 0.3) is 0 Å². The molecule has 1 aromatic heterocycles. The first-order valence-corrected chi connectivity index (χ1v) is 3.70. The van der Waals surface area contributed by atoms with Crippen LogP contribution in [0.5, 0.6) is 5.88 Å². The molecule has 66 valence electrons. The van der Waals surface area contributed by atoms with Crippen LogP contribution in [0.15, 0.2) is 12.3 Å². The highest BCUT2D eigenvalue weighted by molar-refractivity contribution is 5.45. The molecule has 1 heterocycles. The van der Waals surface area contributed by atoms with Crippen LogP contribution in [0, 0.1) is 6.92 Å². The summed E-state index contributed by atoms with van der Waals surface area (Å²) in [5.41, 5.74) is 7.12. The quantitative estimate of drug-likeness (QED) is 0.683. The molecule has 0 aliphatic rings. The normalized spacial score (nSPS) is 9.83. The van der Waals surface area contributed by atoms with Crippen molar-refractivity contribution >= 4 is 5.69 Å². The predicted octanol–water partition coefficient (Wildman–Crippen LogP) is 0.343. The van der Waals surface area contributed by atoms with Crippen LogP contribution in [0.2, 0.25) is 0 Å². The summed E-state index contributed by atoms with van der Waals surface area (Å²) in [6, 6.07) is 1.74. The summed E-state index contributed by atoms with van der Waals surface area (Å²) in [6.45, 7) is 2.13. The third-order valence-corrected chi connectivity index (χ3v) is 1.47. The Hall–Kier alpha value is -1.29. The standard InChI is InChI=1S/C8H12N2O2/c1-6-4-8(12-3-2-11)10-5-7(6)9/h4-5,11H,2-3,9H2,1H3. The van der Waals surface area contributed by atoms with Gasteiger partial charge in [0, 0.05) is 6.07 Å². The topological polar surface area (TPSA) is 68.4 Å². The van der Waals surface area contributed by atoms with E-state index in [1.54, 1.807) is 12.3 Å². The first-order valence-electron chi connectivity index (χ1n) is 3.70. The SMILES string of the molecule is Cc1cc(OCCO)ncc1N. The van der Waals surface area contributed by atoms with E-state index in [1.165, 1.54) is 0 Å². The summed E-state index contributed by atoms with van der Waals surface area (Å²) in [6.07, 6.45) is 1.54. The van der Waals surface area contributed by atoms with Crippen molar-refractivity contribution < 1.29 is 9.84 Å². The maximum atomic E-state index is 8.47. The van der Waals surface area contributed by atoms with Crippen LogP contribution in [0.3, 0.4) is 0 Å². The second-order valence-electron chi connectivity index (χ2n) is 2.45. The molecular formula is C8H12N2O2. The molecule has 1 aromatic rings. The zero-order valence-corrected chi connectivity index (χ0v) is 6.95. The average Bonchev–Trinajstić information content (AvgIpc) is 2.07. The van der Waals surface area contributed by atoms with Gasteiger partial charge in [-0.05, 0) is 12.5 Å². The summed E-state index contributed by atoms with van der Waals surface area (Å²) in [5.74, 6) is 0.496. The number of anilines is 1. The summed E-state index contributed by atoms with van der Waals surface area (Å²) < 4.78 is 5.07. The zero-order valence-electron chi connectivity index (χ0n) is 6.95. The fourth-order valence-corrected chi connectivity index (χ4v) is 0.770. The van der Waals surface area contributed by atoms with E-state index in [-0.39, 0.29) is 13.2 Å². The first kappa shape index (κ1) is 8.80. The van der Waals surface area contributed by atoms with Gasteiger partial charge in [-0.2, -0.15) is 0 Å². The van der Waals surface area contributed by atoms with Gasteiger partial charge in [0.1, 0.15) is 6.61 Å². The molecule has 0 fully saturated rings. The minimum atomic E-state index is -0.00883. The second-order valence-corrected chi connectivity index (χ2v) is 2.45. The molecule has 0 aromatic carbocycles. The number of aliphatic hydroxyl groups excluding tert-OH is 1. The molecule has 0 saturated heterocycles. The number of aromatic nitrogens is 1. The van der Waals surface area contributed by atoms with Crippen molar-refractivity contribution in [2.24, 2.45) is 0 Å². The molecule has 12 heavy (non-hydrogen) atoms. The summed E-state index contributed by atoms with van der Waals surface area (Å²) in [5, 5.41) is 8.47. The Morgan fingerprint density at radius 1 is 1.67 bits per heavy atom. The van der Waals surface area contributed by atoms with Gasteiger partial charge >= 0.3 is 0 Å². The van der Waals surface area contributed by atoms with Crippen molar-refractivity contribution in [1.29, 1.82) is 0 Å². The Balaban J connectivity index is 2.69. The van der Waals surface area contributed by atoms with Crippen molar-refractivity contribution in [3.63, 3.8) is 0 Å². The van der Waals surface area contributed by atoms with Gasteiger partial charge in [-0.3, -0.25) is 0 Å². The lowest BCUT2D eigenvalue weighted by atomic mass is 10.2. The van der Waals surface area contributed by atoms with Crippen LogP contribution in [-0.4, -0.2) is 23.3 Å². The molecule has 0 bridgehead atoms. The van der Waals surface area contributed by atoms with E-state index >= 15 is 0 Å². The third-order valence-electron chi connectivity index (χ3n) is 1.47. The number of pyridine rings is 1. The molecule has 0 aliphatic carbocycles. The van der Waals surface area contributed by atoms with Crippen LogP contribution in [-0.2, 0) is 0 Å². The Bertz CT molecular complexity index is 263. The lowest BCUT2D eigenvalue weighted by Gasteiger charge is -2.04. The number of aryl methyl sites for hydroxylation is 1. The highest BCUT2D eigenvalue weighted by Gasteiger charge is 1.97. The van der Waals surface area contributed by atoms with Gasteiger partial charge in [-0.15, -0.1) is 0 Å². The fraction of sp³-hybridized carbons (Fsp3) is 0.375. The molecule has 0 radical (unpaired) electrons. The molecule has 0 amide bonds. The van der Waals surface area contributed by atoms with Crippen molar-refractivity contribution in [2.45, 2.75) is 6.92 Å². The Morgan fingerprint density at radius 2 is 2.42 bits per heavy atom. The molecule has 0 atom stereocenters. The predicted molar refractivity (Wildman–Crippen MR) is 46.0 cm³/mol. The minimum absolute atomic E-state index is 0.00883. The lowest BCUT2D eigenvalue weighted by molar-refractivity contribution is 0.196.